The minimum absolute atomic E-state index is 0.396. The third kappa shape index (κ3) is 6.30. The summed E-state index contributed by atoms with van der Waals surface area (Å²) in [6.45, 7) is 2.06. The molecule has 0 aromatic rings. The minimum Gasteiger partial charge on any atom is -0.212 e. The summed E-state index contributed by atoms with van der Waals surface area (Å²) < 4.78 is 62.7. The van der Waals surface area contributed by atoms with Gasteiger partial charge in [-0.3, -0.25) is 0 Å². The van der Waals surface area contributed by atoms with Gasteiger partial charge in [0.05, 0.1) is 5.75 Å². The maximum atomic E-state index is 12.1. The van der Waals surface area contributed by atoms with Gasteiger partial charge < -0.3 is 0 Å². The van der Waals surface area contributed by atoms with Gasteiger partial charge in [-0.2, -0.15) is 13.2 Å². The average Bonchev–Trinajstić information content (AvgIpc) is 2.26. The van der Waals surface area contributed by atoms with Crippen molar-refractivity contribution in [2.75, 3.05) is 11.1 Å². The first-order chi connectivity index (χ1) is 9.08. The maximum Gasteiger partial charge on any atom is 0.389 e. The summed E-state index contributed by atoms with van der Waals surface area (Å²) in [6, 6.07) is 0. The summed E-state index contributed by atoms with van der Waals surface area (Å²) in [4.78, 5) is 0. The Kier molecular flexibility index (Phi) is 6.34. The lowest BCUT2D eigenvalue weighted by molar-refractivity contribution is -0.134. The molecule has 1 aliphatic carbocycles. The first-order valence-corrected chi connectivity index (χ1v) is 9.49. The van der Waals surface area contributed by atoms with E-state index in [-0.39, 0.29) is 0 Å². The number of rotatable bonds is 6. The highest BCUT2D eigenvalue weighted by Gasteiger charge is 2.37. The molecule has 0 radical (unpaired) electrons. The molecule has 2 atom stereocenters. The summed E-state index contributed by atoms with van der Waals surface area (Å²) >= 11 is 3.34. The molecule has 1 fully saturated rings. The van der Waals surface area contributed by atoms with Gasteiger partial charge in [0.15, 0.2) is 0 Å². The Hall–Kier alpha value is 0.180. The molecule has 0 spiro atoms. The summed E-state index contributed by atoms with van der Waals surface area (Å²) in [5.41, 5.74) is -0.547. The van der Waals surface area contributed by atoms with Crippen molar-refractivity contribution in [3.63, 3.8) is 0 Å². The van der Waals surface area contributed by atoms with Crippen LogP contribution >= 0.6 is 15.9 Å². The van der Waals surface area contributed by atoms with Crippen molar-refractivity contribution >= 4 is 26.0 Å². The molecule has 0 aromatic carbocycles. The predicted octanol–water partition coefficient (Wildman–Crippen LogP) is 3.59. The van der Waals surface area contributed by atoms with Crippen LogP contribution in [-0.2, 0) is 10.0 Å². The smallest absolute Gasteiger partial charge is 0.212 e. The Bertz CT molecular complexity index is 413. The van der Waals surface area contributed by atoms with Gasteiger partial charge in [0.25, 0.3) is 0 Å². The highest BCUT2D eigenvalue weighted by Crippen LogP contribution is 2.34. The van der Waals surface area contributed by atoms with E-state index in [0.717, 1.165) is 25.7 Å². The summed E-state index contributed by atoms with van der Waals surface area (Å²) in [5, 5.41) is 0.489. The molecule has 0 aromatic heterocycles. The van der Waals surface area contributed by atoms with Crippen LogP contribution in [0.5, 0.6) is 0 Å². The molecular formula is C12H21BrF3NO2S. The lowest BCUT2D eigenvalue weighted by Crippen LogP contribution is -2.53. The van der Waals surface area contributed by atoms with E-state index in [1.54, 1.807) is 0 Å². The molecule has 2 unspecified atom stereocenters. The lowest BCUT2D eigenvalue weighted by atomic mass is 9.78. The van der Waals surface area contributed by atoms with Crippen molar-refractivity contribution in [3.05, 3.63) is 0 Å². The zero-order chi connectivity index (χ0) is 15.4. The van der Waals surface area contributed by atoms with Crippen LogP contribution in [-0.4, -0.2) is 31.2 Å². The second-order valence-electron chi connectivity index (χ2n) is 5.76. The van der Waals surface area contributed by atoms with Gasteiger partial charge in [0.1, 0.15) is 0 Å². The standard InChI is InChI=1S/C12H21BrF3NO2S/c1-10-4-2-5-11(8-10,9-13)17-20(18,19)7-3-6-12(14,15)16/h10,17H,2-9H2,1H3. The molecule has 8 heteroatoms. The number of alkyl halides is 4. The fraction of sp³-hybridized carbons (Fsp3) is 1.00. The second kappa shape index (κ2) is 6.96. The van der Waals surface area contributed by atoms with Gasteiger partial charge in [-0.1, -0.05) is 35.7 Å². The zero-order valence-electron chi connectivity index (χ0n) is 11.5. The van der Waals surface area contributed by atoms with Crippen molar-refractivity contribution < 1.29 is 21.6 Å². The number of hydrogen-bond donors (Lipinski definition) is 1. The van der Waals surface area contributed by atoms with Crippen molar-refractivity contribution in [1.29, 1.82) is 0 Å². The van der Waals surface area contributed by atoms with Gasteiger partial charge >= 0.3 is 6.18 Å². The van der Waals surface area contributed by atoms with Gasteiger partial charge in [0.2, 0.25) is 10.0 Å². The second-order valence-corrected chi connectivity index (χ2v) is 8.16. The number of sulfonamides is 1. The third-order valence-electron chi connectivity index (χ3n) is 3.59. The topological polar surface area (TPSA) is 46.2 Å². The van der Waals surface area contributed by atoms with Crippen molar-refractivity contribution in [3.8, 4) is 0 Å². The number of hydrogen-bond acceptors (Lipinski definition) is 2. The van der Waals surface area contributed by atoms with Gasteiger partial charge in [0, 0.05) is 17.3 Å². The van der Waals surface area contributed by atoms with Crippen LogP contribution in [0.2, 0.25) is 0 Å². The monoisotopic (exact) mass is 379 g/mol. The van der Waals surface area contributed by atoms with E-state index >= 15 is 0 Å². The van der Waals surface area contributed by atoms with E-state index in [9.17, 15) is 21.6 Å². The van der Waals surface area contributed by atoms with Crippen LogP contribution in [0.1, 0.15) is 45.4 Å². The van der Waals surface area contributed by atoms with E-state index in [4.69, 9.17) is 0 Å². The quantitative estimate of drug-likeness (QED) is 0.716. The lowest BCUT2D eigenvalue weighted by Gasteiger charge is -2.39. The molecular weight excluding hydrogens is 359 g/mol. The Morgan fingerprint density at radius 1 is 1.40 bits per heavy atom. The molecule has 1 N–H and O–H groups in total. The molecule has 3 nitrogen and oxygen atoms in total. The molecule has 0 aliphatic heterocycles. The highest BCUT2D eigenvalue weighted by molar-refractivity contribution is 9.09. The Labute approximate surface area is 126 Å². The summed E-state index contributed by atoms with van der Waals surface area (Å²) in [6.07, 6.45) is -2.33. The molecule has 0 heterocycles. The van der Waals surface area contributed by atoms with Crippen LogP contribution in [0.15, 0.2) is 0 Å². The fourth-order valence-electron chi connectivity index (χ4n) is 2.74. The molecule has 120 valence electrons. The largest absolute Gasteiger partial charge is 0.389 e. The molecule has 1 aliphatic rings. The van der Waals surface area contributed by atoms with E-state index in [2.05, 4.69) is 27.6 Å². The first kappa shape index (κ1) is 18.2. The Balaban J connectivity index is 2.59. The van der Waals surface area contributed by atoms with Crippen molar-refractivity contribution in [2.45, 2.75) is 57.2 Å². The van der Waals surface area contributed by atoms with Crippen LogP contribution in [0, 0.1) is 5.92 Å². The van der Waals surface area contributed by atoms with E-state index in [1.165, 1.54) is 0 Å². The summed E-state index contributed by atoms with van der Waals surface area (Å²) in [7, 11) is -3.68. The molecule has 1 rings (SSSR count). The van der Waals surface area contributed by atoms with E-state index < -0.39 is 40.3 Å². The Morgan fingerprint density at radius 3 is 2.55 bits per heavy atom. The molecule has 1 saturated carbocycles. The van der Waals surface area contributed by atoms with Gasteiger partial charge in [-0.15, -0.1) is 0 Å². The zero-order valence-corrected chi connectivity index (χ0v) is 13.9. The Morgan fingerprint density at radius 2 is 2.05 bits per heavy atom. The highest BCUT2D eigenvalue weighted by atomic mass is 79.9. The van der Waals surface area contributed by atoms with Crippen molar-refractivity contribution in [2.24, 2.45) is 5.92 Å². The van der Waals surface area contributed by atoms with Crippen molar-refractivity contribution in [1.82, 2.24) is 4.72 Å². The molecule has 0 bridgehead atoms. The average molecular weight is 380 g/mol. The maximum absolute atomic E-state index is 12.1. The third-order valence-corrected chi connectivity index (χ3v) is 6.24. The summed E-state index contributed by atoms with van der Waals surface area (Å²) in [5.74, 6) is -0.0606. The van der Waals surface area contributed by atoms with Crippen LogP contribution in [0.25, 0.3) is 0 Å². The normalized spacial score (nSPS) is 28.6. The predicted molar refractivity (Wildman–Crippen MR) is 76.4 cm³/mol. The molecule has 20 heavy (non-hydrogen) atoms. The van der Waals surface area contributed by atoms with E-state index in [0.29, 0.717) is 11.2 Å². The number of nitrogens with one attached hydrogen (secondary N) is 1. The van der Waals surface area contributed by atoms with Crippen LogP contribution < -0.4 is 4.72 Å². The SMILES string of the molecule is CC1CCCC(CBr)(NS(=O)(=O)CCCC(F)(F)F)C1. The van der Waals surface area contributed by atoms with E-state index in [1.807, 2.05) is 0 Å². The number of halogens is 4. The van der Waals surface area contributed by atoms with Gasteiger partial charge in [-0.25, -0.2) is 13.1 Å². The molecule has 0 amide bonds. The van der Waals surface area contributed by atoms with Crippen LogP contribution in [0.3, 0.4) is 0 Å². The molecule has 0 saturated heterocycles. The first-order valence-electron chi connectivity index (χ1n) is 6.72. The van der Waals surface area contributed by atoms with Crippen LogP contribution in [0.4, 0.5) is 13.2 Å². The minimum atomic E-state index is -4.30. The fourth-order valence-corrected chi connectivity index (χ4v) is 5.12. The van der Waals surface area contributed by atoms with Gasteiger partial charge in [-0.05, 0) is 25.2 Å².